The summed E-state index contributed by atoms with van der Waals surface area (Å²) in [5.41, 5.74) is 8.97. The van der Waals surface area contributed by atoms with Crippen LogP contribution in [-0.2, 0) is 6.42 Å². The monoisotopic (exact) mass is 691 g/mol. The van der Waals surface area contributed by atoms with Crippen LogP contribution in [0.25, 0.3) is 0 Å². The zero-order valence-corrected chi connectivity index (χ0v) is 30.5. The van der Waals surface area contributed by atoms with Crippen molar-refractivity contribution < 1.29 is 19.7 Å². The summed E-state index contributed by atoms with van der Waals surface area (Å²) in [7, 11) is 1.98. The van der Waals surface area contributed by atoms with E-state index in [1.165, 1.54) is 51.0 Å². The molecule has 7 nitrogen and oxygen atoms in total. The van der Waals surface area contributed by atoms with Crippen molar-refractivity contribution in [3.8, 4) is 11.5 Å². The zero-order valence-electron chi connectivity index (χ0n) is 29.7. The number of allylic oxidation sites excluding steroid dienone is 4. The number of likely N-dealkylation sites (tertiary alicyclic amines) is 1. The minimum absolute atomic E-state index is 0.0235. The van der Waals surface area contributed by atoms with Gasteiger partial charge >= 0.3 is 0 Å². The van der Waals surface area contributed by atoms with Crippen LogP contribution in [0.3, 0.4) is 0 Å². The molecule has 2 aromatic rings. The molecule has 2 aliphatic rings. The Hall–Kier alpha value is -3.13. The summed E-state index contributed by atoms with van der Waals surface area (Å²) in [6, 6.07) is 9.09. The fourth-order valence-corrected chi connectivity index (χ4v) is 7.55. The van der Waals surface area contributed by atoms with Gasteiger partial charge < -0.3 is 25.6 Å². The van der Waals surface area contributed by atoms with Crippen LogP contribution in [0.1, 0.15) is 136 Å². The maximum Gasteiger partial charge on any atom is 0.287 e. The number of fused-ring (bicyclic) bond motifs is 1. The minimum atomic E-state index is -0.665. The fraction of sp³-hybridized carbons (Fsp3) is 0.561. The second-order valence-electron chi connectivity index (χ2n) is 13.8. The van der Waals surface area contributed by atoms with E-state index in [2.05, 4.69) is 41.1 Å². The second-order valence-corrected chi connectivity index (χ2v) is 14.2. The summed E-state index contributed by atoms with van der Waals surface area (Å²) in [4.78, 5) is 20.1. The average molecular weight is 692 g/mol. The number of ether oxygens (including phenoxy) is 1. The maximum absolute atomic E-state index is 13.5. The van der Waals surface area contributed by atoms with Gasteiger partial charge in [-0.2, -0.15) is 0 Å². The molecule has 0 bridgehead atoms. The number of carbonyl (C=O) groups excluding carboxylic acids is 1. The van der Waals surface area contributed by atoms with Crippen molar-refractivity contribution in [3.05, 3.63) is 81.9 Å². The van der Waals surface area contributed by atoms with E-state index >= 15 is 0 Å². The molecule has 0 aromatic heterocycles. The maximum atomic E-state index is 13.5. The molecule has 1 fully saturated rings. The number of aromatic hydroxyl groups is 1. The number of aliphatic hydroxyl groups is 1. The number of phenols is 1. The number of phenolic OH excluding ortho intramolecular Hbond substituents is 1. The molecule has 2 aromatic carbocycles. The third kappa shape index (κ3) is 11.7. The van der Waals surface area contributed by atoms with Gasteiger partial charge in [-0.25, -0.2) is 4.99 Å². The number of amidine groups is 1. The third-order valence-corrected chi connectivity index (χ3v) is 10.3. The number of aliphatic imine (C=N–C) groups is 1. The Morgan fingerprint density at radius 3 is 2.43 bits per heavy atom. The number of carbonyl (C=O) groups is 1. The lowest BCUT2D eigenvalue weighted by Crippen LogP contribution is -2.41. The number of halogens is 1. The van der Waals surface area contributed by atoms with Crippen molar-refractivity contribution in [1.82, 2.24) is 4.90 Å². The predicted octanol–water partition coefficient (Wildman–Crippen LogP) is 9.25. The van der Waals surface area contributed by atoms with Gasteiger partial charge in [0, 0.05) is 42.1 Å². The molecule has 1 aliphatic carbocycles. The van der Waals surface area contributed by atoms with Crippen molar-refractivity contribution in [3.63, 3.8) is 0 Å². The van der Waals surface area contributed by atoms with E-state index in [4.69, 9.17) is 22.1 Å². The number of benzene rings is 2. The number of β-amino-alcohol motifs (C(OH)–C–C–N with tert-alkyl or cyclic N) is 1. The minimum Gasteiger partial charge on any atom is -0.507 e. The number of likely N-dealkylation sites (N-methyl/N-ethyl adjacent to an activating group) is 1. The van der Waals surface area contributed by atoms with Crippen LogP contribution in [-0.4, -0.2) is 59.7 Å². The van der Waals surface area contributed by atoms with E-state index in [1.807, 2.05) is 31.3 Å². The molecule has 0 radical (unpaired) electrons. The highest BCUT2D eigenvalue weighted by Crippen LogP contribution is 2.47. The van der Waals surface area contributed by atoms with Gasteiger partial charge in [-0.3, -0.25) is 4.79 Å². The van der Waals surface area contributed by atoms with Crippen molar-refractivity contribution in [2.45, 2.75) is 121 Å². The molecular weight excluding hydrogens is 634 g/mol. The Labute approximate surface area is 299 Å². The highest BCUT2D eigenvalue weighted by Gasteiger charge is 2.38. The topological polar surface area (TPSA) is 108 Å². The Balaban J connectivity index is 1.32. The Kier molecular flexibility index (Phi) is 16.2. The van der Waals surface area contributed by atoms with Crippen LogP contribution in [0.15, 0.2) is 59.6 Å². The van der Waals surface area contributed by atoms with Crippen molar-refractivity contribution >= 4 is 23.4 Å². The van der Waals surface area contributed by atoms with Crippen LogP contribution >= 0.6 is 11.6 Å². The number of hydrogen-bond acceptors (Lipinski definition) is 6. The summed E-state index contributed by atoms with van der Waals surface area (Å²) in [6.45, 7) is 4.08. The van der Waals surface area contributed by atoms with Crippen LogP contribution < -0.4 is 10.5 Å². The normalized spacial score (nSPS) is 20.4. The molecule has 0 saturated carbocycles. The smallest absolute Gasteiger partial charge is 0.287 e. The van der Waals surface area contributed by atoms with Crippen LogP contribution in [0, 0.1) is 0 Å². The first-order valence-corrected chi connectivity index (χ1v) is 19.0. The van der Waals surface area contributed by atoms with Gasteiger partial charge in [0.2, 0.25) is 0 Å². The van der Waals surface area contributed by atoms with Gasteiger partial charge in [0.05, 0.1) is 11.7 Å². The number of nitrogens with zero attached hydrogens (tertiary/aromatic N) is 2. The number of aliphatic hydroxyl groups excluding tert-OH is 1. The van der Waals surface area contributed by atoms with E-state index in [9.17, 15) is 15.0 Å². The molecule has 0 amide bonds. The molecule has 4 N–H and O–H groups in total. The molecule has 3 atom stereocenters. The summed E-state index contributed by atoms with van der Waals surface area (Å²) >= 11 is 6.57. The summed E-state index contributed by atoms with van der Waals surface area (Å²) in [6.07, 6.45) is 24.0. The van der Waals surface area contributed by atoms with Gasteiger partial charge in [-0.05, 0) is 88.1 Å². The molecule has 2 unspecified atom stereocenters. The van der Waals surface area contributed by atoms with Gasteiger partial charge in [0.15, 0.2) is 5.78 Å². The molecular formula is C41H58ClN3O4. The van der Waals surface area contributed by atoms with Crippen molar-refractivity contribution in [1.29, 1.82) is 0 Å². The predicted molar refractivity (Wildman–Crippen MR) is 202 cm³/mol. The number of nitrogens with two attached hydrogens (primary N) is 1. The molecule has 49 heavy (non-hydrogen) atoms. The Morgan fingerprint density at radius 2 is 1.71 bits per heavy atom. The molecule has 1 aliphatic heterocycles. The van der Waals surface area contributed by atoms with Crippen molar-refractivity contribution in [2.24, 2.45) is 10.7 Å². The zero-order chi connectivity index (χ0) is 35.0. The number of unbranched alkanes of at least 4 members (excludes halogenated alkanes) is 9. The first-order chi connectivity index (χ1) is 23.8. The number of piperidine rings is 1. The van der Waals surface area contributed by atoms with Gasteiger partial charge in [0.1, 0.15) is 11.5 Å². The first-order valence-electron chi connectivity index (χ1n) is 18.6. The van der Waals surface area contributed by atoms with E-state index < -0.39 is 6.10 Å². The van der Waals surface area contributed by atoms with Crippen LogP contribution in [0.4, 0.5) is 0 Å². The summed E-state index contributed by atoms with van der Waals surface area (Å²) in [5.74, 6) is -0.343. The highest BCUT2D eigenvalue weighted by atomic mass is 35.5. The van der Waals surface area contributed by atoms with Crippen molar-refractivity contribution in [2.75, 3.05) is 26.7 Å². The molecule has 4 rings (SSSR count). The van der Waals surface area contributed by atoms with E-state index in [-0.39, 0.29) is 35.8 Å². The molecule has 1 heterocycles. The number of hydrogen-bond donors (Lipinski definition) is 3. The number of rotatable bonds is 18. The fourth-order valence-electron chi connectivity index (χ4n) is 7.26. The number of Topliss-reactive ketones (excluding diaryl/α,β-unsaturated/α-hetero) is 1. The lowest BCUT2D eigenvalue weighted by atomic mass is 9.73. The Bertz CT molecular complexity index is 1440. The lowest BCUT2D eigenvalue weighted by molar-refractivity contribution is 0.0626. The average Bonchev–Trinajstić information content (AvgIpc) is 3.07. The largest absolute Gasteiger partial charge is 0.507 e. The molecule has 0 spiro atoms. The molecule has 1 saturated heterocycles. The van der Waals surface area contributed by atoms with Gasteiger partial charge in [0.25, 0.3) is 6.02 Å². The lowest BCUT2D eigenvalue weighted by Gasteiger charge is -2.37. The van der Waals surface area contributed by atoms with E-state index in [0.717, 1.165) is 49.8 Å². The SMILES string of the molecule is CCCCCC=CCC=CCCCCCCCCN=C(N)Oc1cc(O)c2c(c1C1CCN(C)C[C@@H]1O)CC(c1ccccc1Cl)CC2=O. The van der Waals surface area contributed by atoms with E-state index in [0.29, 0.717) is 47.8 Å². The van der Waals surface area contributed by atoms with Gasteiger partial charge in [-0.1, -0.05) is 99.6 Å². The summed E-state index contributed by atoms with van der Waals surface area (Å²) < 4.78 is 6.14. The molecule has 8 heteroatoms. The standard InChI is InChI=1S/C41H58ClN3O4/c1-3-4-5-6-7-8-9-10-11-12-13-14-15-16-17-20-24-44-41(43)49-38-28-36(47)40-33(39(38)32-23-25-45(2)29-37(32)48)26-30(27-35(40)46)31-21-18-19-22-34(31)42/h7-8,10-11,18-19,21-22,28,30,32,37,47-48H,3-6,9,12-17,20,23-27,29H2,1-2H3,(H2,43,44)/t30?,32?,37-/m0/s1. The second kappa shape index (κ2) is 20.5. The quantitative estimate of drug-likeness (QED) is 0.0623. The van der Waals surface area contributed by atoms with Crippen LogP contribution in [0.2, 0.25) is 5.02 Å². The van der Waals surface area contributed by atoms with E-state index in [1.54, 1.807) is 0 Å². The molecule has 268 valence electrons. The third-order valence-electron chi connectivity index (χ3n) is 9.92. The van der Waals surface area contributed by atoms with Crippen LogP contribution in [0.5, 0.6) is 11.5 Å². The Morgan fingerprint density at radius 1 is 1.02 bits per heavy atom. The summed E-state index contributed by atoms with van der Waals surface area (Å²) in [5, 5.41) is 23.0. The van der Waals surface area contributed by atoms with Gasteiger partial charge in [-0.15, -0.1) is 0 Å². The first kappa shape index (κ1) is 38.7. The number of ketones is 1. The highest BCUT2D eigenvalue weighted by molar-refractivity contribution is 6.31.